The zero-order chi connectivity index (χ0) is 28.4. The van der Waals surface area contributed by atoms with Crippen LogP contribution in [0.3, 0.4) is 0 Å². The summed E-state index contributed by atoms with van der Waals surface area (Å²) in [5.41, 5.74) is 10.8. The molecule has 1 aromatic heterocycles. The molecule has 4 aromatic rings. The van der Waals surface area contributed by atoms with Crippen LogP contribution in [-0.4, -0.2) is 35.9 Å². The topological polar surface area (TPSA) is 122 Å². The first kappa shape index (κ1) is 27.1. The molecule has 1 fully saturated rings. The summed E-state index contributed by atoms with van der Waals surface area (Å²) in [5, 5.41) is 14.7. The van der Waals surface area contributed by atoms with Crippen molar-refractivity contribution in [2.24, 2.45) is 5.92 Å². The van der Waals surface area contributed by atoms with Crippen molar-refractivity contribution in [3.8, 4) is 11.1 Å². The molecule has 0 bridgehead atoms. The van der Waals surface area contributed by atoms with E-state index in [1.165, 1.54) is 12.1 Å². The van der Waals surface area contributed by atoms with E-state index in [9.17, 15) is 14.0 Å². The summed E-state index contributed by atoms with van der Waals surface area (Å²) in [4.78, 5) is 25.5. The van der Waals surface area contributed by atoms with Crippen LogP contribution < -0.4 is 16.4 Å². The summed E-state index contributed by atoms with van der Waals surface area (Å²) in [6.07, 6.45) is 3.52. The lowest BCUT2D eigenvalue weighted by Gasteiger charge is -2.14. The number of anilines is 1. The Morgan fingerprint density at radius 1 is 1.10 bits per heavy atom. The van der Waals surface area contributed by atoms with Crippen LogP contribution in [0.25, 0.3) is 22.0 Å². The van der Waals surface area contributed by atoms with Crippen LogP contribution in [0.2, 0.25) is 0 Å². The SMILES string of the molecule is COCCn1cc(C(=O)NC(C)c2cccc(F)c2)c2cc(-c3ccc(C(=N)NC(=O)C4CC4)c(N)c3)ccc21. The second kappa shape index (κ2) is 11.3. The van der Waals surface area contributed by atoms with E-state index in [-0.39, 0.29) is 29.4 Å². The quantitative estimate of drug-likeness (QED) is 0.135. The van der Waals surface area contributed by atoms with Gasteiger partial charge in [0, 0.05) is 47.9 Å². The average Bonchev–Trinajstić information content (AvgIpc) is 3.73. The summed E-state index contributed by atoms with van der Waals surface area (Å²) in [6, 6.07) is 17.0. The van der Waals surface area contributed by atoms with Crippen LogP contribution in [0.4, 0.5) is 10.1 Å². The van der Waals surface area contributed by atoms with Gasteiger partial charge in [-0.15, -0.1) is 0 Å². The lowest BCUT2D eigenvalue weighted by Crippen LogP contribution is -2.32. The number of aromatic nitrogens is 1. The van der Waals surface area contributed by atoms with Gasteiger partial charge in [-0.1, -0.05) is 24.3 Å². The summed E-state index contributed by atoms with van der Waals surface area (Å²) in [6.45, 7) is 2.86. The Bertz CT molecular complexity index is 1610. The Morgan fingerprint density at radius 2 is 1.85 bits per heavy atom. The van der Waals surface area contributed by atoms with Crippen molar-refractivity contribution in [3.05, 3.63) is 89.4 Å². The fourth-order valence-electron chi connectivity index (χ4n) is 4.77. The molecule has 1 saturated carbocycles. The average molecular weight is 542 g/mol. The Kier molecular flexibility index (Phi) is 7.66. The Labute approximate surface area is 231 Å². The number of nitrogen functional groups attached to an aromatic ring is 1. The van der Waals surface area contributed by atoms with Gasteiger partial charge < -0.3 is 25.7 Å². The summed E-state index contributed by atoms with van der Waals surface area (Å²) < 4.78 is 21.0. The third-order valence-corrected chi connectivity index (χ3v) is 7.21. The Balaban J connectivity index is 1.45. The number of benzene rings is 3. The number of amides is 2. The number of halogens is 1. The van der Waals surface area contributed by atoms with Gasteiger partial charge in [-0.3, -0.25) is 15.0 Å². The lowest BCUT2D eigenvalue weighted by molar-refractivity contribution is -0.120. The van der Waals surface area contributed by atoms with Crippen LogP contribution in [0.5, 0.6) is 0 Å². The van der Waals surface area contributed by atoms with Crippen molar-refractivity contribution < 1.29 is 18.7 Å². The minimum atomic E-state index is -0.396. The second-order valence-corrected chi connectivity index (χ2v) is 10.2. The number of fused-ring (bicyclic) bond motifs is 1. The van der Waals surface area contributed by atoms with Crippen molar-refractivity contribution in [1.82, 2.24) is 15.2 Å². The van der Waals surface area contributed by atoms with E-state index >= 15 is 0 Å². The molecule has 0 radical (unpaired) electrons. The molecule has 1 heterocycles. The van der Waals surface area contributed by atoms with Gasteiger partial charge in [0.25, 0.3) is 5.91 Å². The molecule has 0 saturated heterocycles. The first-order chi connectivity index (χ1) is 19.2. The molecule has 5 rings (SSSR count). The van der Waals surface area contributed by atoms with Gasteiger partial charge in [-0.2, -0.15) is 0 Å². The van der Waals surface area contributed by atoms with Crippen molar-refractivity contribution >= 4 is 34.2 Å². The van der Waals surface area contributed by atoms with E-state index in [0.717, 1.165) is 34.9 Å². The maximum absolute atomic E-state index is 13.7. The number of amidine groups is 1. The highest BCUT2D eigenvalue weighted by Gasteiger charge is 2.30. The van der Waals surface area contributed by atoms with Gasteiger partial charge >= 0.3 is 0 Å². The van der Waals surface area contributed by atoms with E-state index in [1.807, 2.05) is 42.0 Å². The molecule has 1 atom stereocenters. The number of carbonyl (C=O) groups is 2. The van der Waals surface area contributed by atoms with Gasteiger partial charge in [-0.05, 0) is 72.9 Å². The fraction of sp³-hybridized carbons (Fsp3) is 0.258. The second-order valence-electron chi connectivity index (χ2n) is 10.2. The van der Waals surface area contributed by atoms with Crippen molar-refractivity contribution in [1.29, 1.82) is 5.41 Å². The summed E-state index contributed by atoms with van der Waals surface area (Å²) in [7, 11) is 1.63. The van der Waals surface area contributed by atoms with Crippen molar-refractivity contribution in [2.45, 2.75) is 32.4 Å². The summed E-state index contributed by atoms with van der Waals surface area (Å²) in [5.74, 6) is -0.797. The normalized spacial score (nSPS) is 13.7. The predicted molar refractivity (Wildman–Crippen MR) is 154 cm³/mol. The third kappa shape index (κ3) is 5.74. The molecule has 5 N–H and O–H groups in total. The number of nitrogens with zero attached hydrogens (tertiary/aromatic N) is 1. The number of hydrogen-bond acceptors (Lipinski definition) is 5. The first-order valence-corrected chi connectivity index (χ1v) is 13.2. The largest absolute Gasteiger partial charge is 0.398 e. The fourth-order valence-corrected chi connectivity index (χ4v) is 4.77. The predicted octanol–water partition coefficient (Wildman–Crippen LogP) is 5.02. The van der Waals surface area contributed by atoms with Gasteiger partial charge in [0.15, 0.2) is 0 Å². The minimum absolute atomic E-state index is 0.00739. The Morgan fingerprint density at radius 3 is 2.55 bits per heavy atom. The third-order valence-electron chi connectivity index (χ3n) is 7.21. The number of rotatable bonds is 9. The van der Waals surface area contributed by atoms with Gasteiger partial charge in [0.05, 0.1) is 18.2 Å². The number of nitrogens with one attached hydrogen (secondary N) is 3. The molecule has 40 heavy (non-hydrogen) atoms. The molecule has 1 aliphatic carbocycles. The molecular weight excluding hydrogens is 509 g/mol. The van der Waals surface area contributed by atoms with Crippen LogP contribution >= 0.6 is 0 Å². The Hall–Kier alpha value is -4.50. The van der Waals surface area contributed by atoms with Crippen LogP contribution in [-0.2, 0) is 16.1 Å². The molecule has 3 aromatic carbocycles. The molecule has 1 aliphatic rings. The molecule has 2 amide bonds. The first-order valence-electron chi connectivity index (χ1n) is 13.2. The standard InChI is InChI=1S/C31H32FN5O3/c1-18(20-4-3-5-23(32)14-20)35-31(39)26-17-37(12-13-40-2)28-11-9-21(15-25(26)28)22-8-10-24(27(33)16-22)29(34)36-30(38)19-6-7-19/h3-5,8-11,14-19H,6-7,12-13,33H2,1-2H3,(H,35,39)(H2,34,36,38). The highest BCUT2D eigenvalue weighted by molar-refractivity contribution is 6.10. The zero-order valence-corrected chi connectivity index (χ0v) is 22.5. The van der Waals surface area contributed by atoms with Crippen LogP contribution in [0.15, 0.2) is 66.9 Å². The van der Waals surface area contributed by atoms with Gasteiger partial charge in [0.2, 0.25) is 5.91 Å². The van der Waals surface area contributed by atoms with E-state index in [4.69, 9.17) is 15.9 Å². The van der Waals surface area contributed by atoms with Crippen LogP contribution in [0, 0.1) is 17.1 Å². The lowest BCUT2D eigenvalue weighted by atomic mass is 9.99. The number of methoxy groups -OCH3 is 1. The number of carbonyl (C=O) groups excluding carboxylic acids is 2. The maximum atomic E-state index is 13.7. The molecule has 8 nitrogen and oxygen atoms in total. The number of ether oxygens (including phenoxy) is 1. The molecule has 9 heteroatoms. The number of hydrogen-bond donors (Lipinski definition) is 4. The van der Waals surface area contributed by atoms with E-state index in [2.05, 4.69) is 10.6 Å². The minimum Gasteiger partial charge on any atom is -0.398 e. The summed E-state index contributed by atoms with van der Waals surface area (Å²) >= 11 is 0. The molecule has 206 valence electrons. The highest BCUT2D eigenvalue weighted by atomic mass is 19.1. The molecule has 0 aliphatic heterocycles. The molecular formula is C31H32FN5O3. The highest BCUT2D eigenvalue weighted by Crippen LogP contribution is 2.31. The van der Waals surface area contributed by atoms with E-state index in [1.54, 1.807) is 31.4 Å². The molecule has 1 unspecified atom stereocenters. The smallest absolute Gasteiger partial charge is 0.253 e. The van der Waals surface area contributed by atoms with Crippen molar-refractivity contribution in [2.75, 3.05) is 19.5 Å². The van der Waals surface area contributed by atoms with E-state index < -0.39 is 6.04 Å². The monoisotopic (exact) mass is 541 g/mol. The van der Waals surface area contributed by atoms with Crippen LogP contribution in [0.1, 0.15) is 47.3 Å². The van der Waals surface area contributed by atoms with Gasteiger partial charge in [-0.25, -0.2) is 4.39 Å². The van der Waals surface area contributed by atoms with E-state index in [0.29, 0.717) is 35.5 Å². The van der Waals surface area contributed by atoms with Crippen molar-refractivity contribution in [3.63, 3.8) is 0 Å². The maximum Gasteiger partial charge on any atom is 0.253 e. The molecule has 0 spiro atoms. The zero-order valence-electron chi connectivity index (χ0n) is 22.5. The van der Waals surface area contributed by atoms with Gasteiger partial charge in [0.1, 0.15) is 11.7 Å². The number of nitrogens with two attached hydrogens (primary N) is 1.